The normalized spacial score (nSPS) is 9.87. The van der Waals surface area contributed by atoms with Crippen molar-refractivity contribution in [1.82, 2.24) is 4.98 Å². The summed E-state index contributed by atoms with van der Waals surface area (Å²) < 4.78 is 0. The summed E-state index contributed by atoms with van der Waals surface area (Å²) in [4.78, 5) is 4.23. The first-order chi connectivity index (χ1) is 11.3. The molecule has 0 aliphatic heterocycles. The van der Waals surface area contributed by atoms with Gasteiger partial charge in [-0.1, -0.05) is 48.5 Å². The molecule has 0 atom stereocenters. The van der Waals surface area contributed by atoms with Crippen molar-refractivity contribution in [2.75, 3.05) is 16.6 Å². The largest absolute Gasteiger partial charge is 0.383 e. The van der Waals surface area contributed by atoms with Gasteiger partial charge < -0.3 is 5.73 Å². The number of hydrazine groups is 1. The molecule has 0 aliphatic carbocycles. The average molecular weight is 301 g/mol. The molecular weight excluding hydrogens is 286 g/mol. The fourth-order valence-corrected chi connectivity index (χ4v) is 2.25. The first-order valence-corrected chi connectivity index (χ1v) is 7.11. The molecule has 0 saturated carbocycles. The van der Waals surface area contributed by atoms with Crippen LogP contribution in [0.25, 0.3) is 11.1 Å². The molecule has 0 amide bonds. The molecule has 0 aliphatic rings. The molecule has 3 aromatic rings. The molecule has 0 radical (unpaired) electrons. The van der Waals surface area contributed by atoms with Crippen LogP contribution in [-0.4, -0.2) is 4.98 Å². The van der Waals surface area contributed by atoms with Crippen LogP contribution in [0.4, 0.5) is 17.3 Å². The van der Waals surface area contributed by atoms with Crippen molar-refractivity contribution in [3.05, 3.63) is 72.3 Å². The standard InChI is InChI=1S/C18H15N5/c19-12-16-15(13-7-3-1-4-8-13)11-17(21-18(16)20)23-22-14-9-5-2-6-10-14/h1-11,22H,(H3,20,21,23). The van der Waals surface area contributed by atoms with Crippen molar-refractivity contribution in [2.24, 2.45) is 0 Å². The molecule has 0 unspecified atom stereocenters. The molecule has 5 heteroatoms. The number of aromatic nitrogens is 1. The molecule has 1 heterocycles. The highest BCUT2D eigenvalue weighted by Crippen LogP contribution is 2.28. The van der Waals surface area contributed by atoms with Crippen LogP contribution in [0.3, 0.4) is 0 Å². The minimum atomic E-state index is 0.200. The Bertz CT molecular complexity index is 839. The number of nitrogens with two attached hydrogens (primary N) is 1. The molecule has 0 saturated heterocycles. The maximum absolute atomic E-state index is 9.35. The quantitative estimate of drug-likeness (QED) is 0.640. The molecule has 1 aromatic heterocycles. The molecule has 0 fully saturated rings. The third-order valence-corrected chi connectivity index (χ3v) is 3.35. The third kappa shape index (κ3) is 3.22. The number of pyridine rings is 1. The predicted molar refractivity (Wildman–Crippen MR) is 92.5 cm³/mol. The highest BCUT2D eigenvalue weighted by Gasteiger charge is 2.12. The van der Waals surface area contributed by atoms with Gasteiger partial charge in [0.1, 0.15) is 23.3 Å². The van der Waals surface area contributed by atoms with Crippen LogP contribution < -0.4 is 16.6 Å². The van der Waals surface area contributed by atoms with Crippen LogP contribution in [0.2, 0.25) is 0 Å². The summed E-state index contributed by atoms with van der Waals surface area (Å²) in [7, 11) is 0. The number of hydrogen-bond donors (Lipinski definition) is 3. The van der Waals surface area contributed by atoms with Gasteiger partial charge in [0.15, 0.2) is 0 Å². The van der Waals surface area contributed by atoms with Gasteiger partial charge in [0.05, 0.1) is 5.69 Å². The lowest BCUT2D eigenvalue weighted by Gasteiger charge is -2.13. The number of para-hydroxylation sites is 1. The third-order valence-electron chi connectivity index (χ3n) is 3.35. The summed E-state index contributed by atoms with van der Waals surface area (Å²) in [6.45, 7) is 0. The van der Waals surface area contributed by atoms with E-state index in [9.17, 15) is 5.26 Å². The van der Waals surface area contributed by atoms with Crippen LogP contribution in [0.1, 0.15) is 5.56 Å². The predicted octanol–water partition coefficient (Wildman–Crippen LogP) is 3.64. The molecule has 4 N–H and O–H groups in total. The number of anilines is 3. The first kappa shape index (κ1) is 14.4. The van der Waals surface area contributed by atoms with Gasteiger partial charge in [0.25, 0.3) is 0 Å². The number of hydrogen-bond acceptors (Lipinski definition) is 5. The fourth-order valence-electron chi connectivity index (χ4n) is 2.25. The van der Waals surface area contributed by atoms with E-state index >= 15 is 0 Å². The van der Waals surface area contributed by atoms with E-state index in [4.69, 9.17) is 5.73 Å². The van der Waals surface area contributed by atoms with Crippen LogP contribution in [0, 0.1) is 11.3 Å². The Morgan fingerprint density at radius 2 is 1.57 bits per heavy atom. The van der Waals surface area contributed by atoms with E-state index in [0.29, 0.717) is 11.4 Å². The van der Waals surface area contributed by atoms with E-state index in [1.807, 2.05) is 60.7 Å². The number of nitriles is 1. The van der Waals surface area contributed by atoms with E-state index in [1.165, 1.54) is 0 Å². The zero-order chi connectivity index (χ0) is 16.1. The Balaban J connectivity index is 1.94. The van der Waals surface area contributed by atoms with E-state index in [1.54, 1.807) is 6.07 Å². The van der Waals surface area contributed by atoms with Gasteiger partial charge in [-0.15, -0.1) is 0 Å². The minimum Gasteiger partial charge on any atom is -0.383 e. The van der Waals surface area contributed by atoms with E-state index in [2.05, 4.69) is 21.9 Å². The monoisotopic (exact) mass is 301 g/mol. The van der Waals surface area contributed by atoms with Crippen molar-refractivity contribution in [1.29, 1.82) is 5.26 Å². The fraction of sp³-hybridized carbons (Fsp3) is 0. The molecule has 3 rings (SSSR count). The van der Waals surface area contributed by atoms with Gasteiger partial charge in [-0.3, -0.25) is 10.9 Å². The van der Waals surface area contributed by atoms with Crippen molar-refractivity contribution in [2.45, 2.75) is 0 Å². The molecule has 0 spiro atoms. The Labute approximate surface area is 134 Å². The lowest BCUT2D eigenvalue weighted by atomic mass is 10.0. The topological polar surface area (TPSA) is 86.8 Å². The van der Waals surface area contributed by atoms with Gasteiger partial charge in [-0.2, -0.15) is 5.26 Å². The minimum absolute atomic E-state index is 0.200. The maximum Gasteiger partial charge on any atom is 0.147 e. The van der Waals surface area contributed by atoms with Crippen molar-refractivity contribution in [3.8, 4) is 17.2 Å². The van der Waals surface area contributed by atoms with Gasteiger partial charge in [-0.25, -0.2) is 4.98 Å². The summed E-state index contributed by atoms with van der Waals surface area (Å²) in [6, 6.07) is 23.2. The SMILES string of the molecule is N#Cc1c(-c2ccccc2)cc(NNc2ccccc2)nc1N. The summed E-state index contributed by atoms with van der Waals surface area (Å²) in [5.74, 6) is 0.746. The molecule has 23 heavy (non-hydrogen) atoms. The Morgan fingerprint density at radius 3 is 2.22 bits per heavy atom. The molecule has 5 nitrogen and oxygen atoms in total. The van der Waals surface area contributed by atoms with Crippen LogP contribution in [0.15, 0.2) is 66.7 Å². The summed E-state index contributed by atoms with van der Waals surface area (Å²) in [5, 5.41) is 9.35. The van der Waals surface area contributed by atoms with Crippen LogP contribution in [-0.2, 0) is 0 Å². The number of nitrogens with zero attached hydrogens (tertiary/aromatic N) is 2. The lowest BCUT2D eigenvalue weighted by molar-refractivity contribution is 1.26. The Morgan fingerprint density at radius 1 is 0.913 bits per heavy atom. The number of benzene rings is 2. The van der Waals surface area contributed by atoms with Gasteiger partial charge in [0.2, 0.25) is 0 Å². The van der Waals surface area contributed by atoms with Gasteiger partial charge >= 0.3 is 0 Å². The number of nitrogens with one attached hydrogen (secondary N) is 2. The van der Waals surface area contributed by atoms with Gasteiger partial charge in [-0.05, 0) is 23.8 Å². The zero-order valence-electron chi connectivity index (χ0n) is 12.3. The second-order valence-corrected chi connectivity index (χ2v) is 4.91. The number of nitrogen functional groups attached to an aromatic ring is 1. The molecule has 2 aromatic carbocycles. The molecule has 0 bridgehead atoms. The lowest BCUT2D eigenvalue weighted by Crippen LogP contribution is -2.11. The molecule has 112 valence electrons. The Kier molecular flexibility index (Phi) is 4.07. The Hall–Kier alpha value is -3.52. The highest BCUT2D eigenvalue weighted by molar-refractivity contribution is 5.78. The average Bonchev–Trinajstić information content (AvgIpc) is 2.61. The summed E-state index contributed by atoms with van der Waals surface area (Å²) >= 11 is 0. The van der Waals surface area contributed by atoms with E-state index in [-0.39, 0.29) is 5.82 Å². The smallest absolute Gasteiger partial charge is 0.147 e. The highest BCUT2D eigenvalue weighted by atomic mass is 15.4. The van der Waals surface area contributed by atoms with Crippen LogP contribution >= 0.6 is 0 Å². The summed E-state index contributed by atoms with van der Waals surface area (Å²) in [5.41, 5.74) is 14.9. The maximum atomic E-state index is 9.35. The first-order valence-electron chi connectivity index (χ1n) is 7.11. The van der Waals surface area contributed by atoms with Gasteiger partial charge in [0, 0.05) is 5.56 Å². The second kappa shape index (κ2) is 6.50. The van der Waals surface area contributed by atoms with Crippen LogP contribution in [0.5, 0.6) is 0 Å². The van der Waals surface area contributed by atoms with Crippen molar-refractivity contribution >= 4 is 17.3 Å². The summed E-state index contributed by atoms with van der Waals surface area (Å²) in [6.07, 6.45) is 0. The molecular formula is C18H15N5. The zero-order valence-corrected chi connectivity index (χ0v) is 12.3. The van der Waals surface area contributed by atoms with E-state index in [0.717, 1.165) is 16.8 Å². The van der Waals surface area contributed by atoms with Crippen molar-refractivity contribution in [3.63, 3.8) is 0 Å². The second-order valence-electron chi connectivity index (χ2n) is 4.91. The number of rotatable bonds is 4. The van der Waals surface area contributed by atoms with E-state index < -0.39 is 0 Å². The van der Waals surface area contributed by atoms with Crippen molar-refractivity contribution < 1.29 is 0 Å².